The number of hydrogen-bond acceptors (Lipinski definition) is 5. The summed E-state index contributed by atoms with van der Waals surface area (Å²) in [5.74, 6) is 0.118. The Balaban J connectivity index is 1.42. The fourth-order valence-corrected chi connectivity index (χ4v) is 4.92. The first-order chi connectivity index (χ1) is 16.3. The lowest BCUT2D eigenvalue weighted by atomic mass is 10.2. The van der Waals surface area contributed by atoms with Crippen molar-refractivity contribution in [3.05, 3.63) is 92.8 Å². The van der Waals surface area contributed by atoms with Gasteiger partial charge in [0.25, 0.3) is 11.8 Å². The van der Waals surface area contributed by atoms with Crippen LogP contribution in [-0.4, -0.2) is 22.7 Å². The van der Waals surface area contributed by atoms with Crippen LogP contribution >= 0.6 is 39.9 Å². The largest absolute Gasteiger partial charge is 0.484 e. The van der Waals surface area contributed by atoms with Gasteiger partial charge in [0, 0.05) is 10.2 Å². The number of anilines is 2. The number of nitrogens with one attached hydrogen (secondary N) is 1. The SMILES string of the molecule is Cc1cccc(N2C(=O)/C(=C/c3cccc(OCC(=O)Nc4ccc(Br)c(C)c4)c3)SC2=S)c1. The van der Waals surface area contributed by atoms with Gasteiger partial charge in [-0.05, 0) is 79.1 Å². The number of carbonyl (C=O) groups excluding carboxylic acids is 2. The highest BCUT2D eigenvalue weighted by atomic mass is 79.9. The van der Waals surface area contributed by atoms with Crippen LogP contribution in [0.3, 0.4) is 0 Å². The van der Waals surface area contributed by atoms with Crippen molar-refractivity contribution in [2.75, 3.05) is 16.8 Å². The normalized spacial score (nSPS) is 14.6. The summed E-state index contributed by atoms with van der Waals surface area (Å²) in [5, 5.41) is 2.82. The van der Waals surface area contributed by atoms with Gasteiger partial charge in [0.05, 0.1) is 10.6 Å². The predicted octanol–water partition coefficient (Wildman–Crippen LogP) is 6.49. The van der Waals surface area contributed by atoms with Gasteiger partial charge in [-0.2, -0.15) is 0 Å². The number of carbonyl (C=O) groups is 2. The molecule has 0 spiro atoms. The molecule has 172 valence electrons. The number of nitrogens with zero attached hydrogens (tertiary/aromatic N) is 1. The first-order valence-electron chi connectivity index (χ1n) is 10.4. The highest BCUT2D eigenvalue weighted by molar-refractivity contribution is 9.10. The molecular formula is C26H21BrN2O3S2. The van der Waals surface area contributed by atoms with Crippen molar-refractivity contribution in [1.82, 2.24) is 0 Å². The second-order valence-corrected chi connectivity index (χ2v) is 10.3. The smallest absolute Gasteiger partial charge is 0.270 e. The Labute approximate surface area is 216 Å². The molecule has 0 radical (unpaired) electrons. The molecule has 0 saturated carbocycles. The van der Waals surface area contributed by atoms with E-state index in [0.29, 0.717) is 20.7 Å². The van der Waals surface area contributed by atoms with E-state index in [1.54, 1.807) is 23.1 Å². The molecule has 0 bridgehead atoms. The first-order valence-corrected chi connectivity index (χ1v) is 12.5. The van der Waals surface area contributed by atoms with Gasteiger partial charge in [-0.15, -0.1) is 0 Å². The summed E-state index contributed by atoms with van der Waals surface area (Å²) in [4.78, 5) is 27.4. The summed E-state index contributed by atoms with van der Waals surface area (Å²) < 4.78 is 7.15. The number of thiocarbonyl (C=S) groups is 1. The van der Waals surface area contributed by atoms with E-state index in [9.17, 15) is 9.59 Å². The van der Waals surface area contributed by atoms with Crippen molar-refractivity contribution in [2.45, 2.75) is 13.8 Å². The van der Waals surface area contributed by atoms with Crippen LogP contribution in [0.1, 0.15) is 16.7 Å². The van der Waals surface area contributed by atoms with Crippen molar-refractivity contribution >= 4 is 73.5 Å². The molecule has 0 aromatic heterocycles. The second kappa shape index (κ2) is 10.5. The number of hydrogen-bond donors (Lipinski definition) is 1. The molecule has 1 saturated heterocycles. The van der Waals surface area contributed by atoms with Gasteiger partial charge in [0.1, 0.15) is 5.75 Å². The third-order valence-electron chi connectivity index (χ3n) is 5.02. The molecule has 5 nitrogen and oxygen atoms in total. The number of amides is 2. The Morgan fingerprint density at radius 2 is 1.91 bits per heavy atom. The molecule has 3 aromatic rings. The maximum absolute atomic E-state index is 13.0. The lowest BCUT2D eigenvalue weighted by Crippen LogP contribution is -2.27. The molecule has 0 unspecified atom stereocenters. The third-order valence-corrected chi connectivity index (χ3v) is 7.21. The van der Waals surface area contributed by atoms with Gasteiger partial charge in [-0.3, -0.25) is 14.5 Å². The zero-order valence-corrected chi connectivity index (χ0v) is 21.7. The summed E-state index contributed by atoms with van der Waals surface area (Å²) in [6.45, 7) is 3.80. The van der Waals surface area contributed by atoms with Crippen LogP contribution in [0.25, 0.3) is 6.08 Å². The highest BCUT2D eigenvalue weighted by Gasteiger charge is 2.33. The van der Waals surface area contributed by atoms with Crippen LogP contribution in [0.15, 0.2) is 76.1 Å². The Bertz CT molecular complexity index is 1320. The summed E-state index contributed by atoms with van der Waals surface area (Å²) >= 11 is 10.2. The number of halogens is 1. The van der Waals surface area contributed by atoms with E-state index < -0.39 is 0 Å². The molecule has 0 aliphatic carbocycles. The van der Waals surface area contributed by atoms with Gasteiger partial charge in [-0.25, -0.2) is 0 Å². The number of ether oxygens (including phenoxy) is 1. The van der Waals surface area contributed by atoms with Crippen LogP contribution in [-0.2, 0) is 9.59 Å². The van der Waals surface area contributed by atoms with Crippen molar-refractivity contribution in [1.29, 1.82) is 0 Å². The Hall–Kier alpha value is -2.94. The molecule has 3 aromatic carbocycles. The van der Waals surface area contributed by atoms with Gasteiger partial charge in [-0.1, -0.05) is 64.2 Å². The van der Waals surface area contributed by atoms with E-state index in [0.717, 1.165) is 26.9 Å². The van der Waals surface area contributed by atoms with E-state index >= 15 is 0 Å². The lowest BCUT2D eigenvalue weighted by Gasteiger charge is -2.14. The van der Waals surface area contributed by atoms with Crippen molar-refractivity contribution in [3.63, 3.8) is 0 Å². The van der Waals surface area contributed by atoms with Crippen LogP contribution < -0.4 is 15.0 Å². The van der Waals surface area contributed by atoms with Gasteiger partial charge in [0.15, 0.2) is 10.9 Å². The molecule has 8 heteroatoms. The number of aryl methyl sites for hydroxylation is 2. The third kappa shape index (κ3) is 5.75. The zero-order chi connectivity index (χ0) is 24.2. The van der Waals surface area contributed by atoms with Crippen molar-refractivity contribution in [3.8, 4) is 5.75 Å². The fourth-order valence-electron chi connectivity index (χ4n) is 3.37. The van der Waals surface area contributed by atoms with Crippen LogP contribution in [0.5, 0.6) is 5.75 Å². The minimum absolute atomic E-state index is 0.131. The number of benzene rings is 3. The molecule has 0 atom stereocenters. The molecule has 1 aliphatic rings. The summed E-state index contributed by atoms with van der Waals surface area (Å²) in [7, 11) is 0. The van der Waals surface area contributed by atoms with Gasteiger partial charge < -0.3 is 10.1 Å². The van der Waals surface area contributed by atoms with E-state index in [4.69, 9.17) is 17.0 Å². The lowest BCUT2D eigenvalue weighted by molar-refractivity contribution is -0.118. The van der Waals surface area contributed by atoms with Crippen molar-refractivity contribution < 1.29 is 14.3 Å². The standard InChI is InChI=1S/C26H21BrN2O3S2/c1-16-5-3-7-20(11-16)29-25(31)23(34-26(29)33)14-18-6-4-8-21(13-18)32-15-24(30)28-19-9-10-22(27)17(2)12-19/h3-14H,15H2,1-2H3,(H,28,30)/b23-14-. The Morgan fingerprint density at radius 1 is 1.12 bits per heavy atom. The van der Waals surface area contributed by atoms with Gasteiger partial charge >= 0.3 is 0 Å². The predicted molar refractivity (Wildman–Crippen MR) is 146 cm³/mol. The highest BCUT2D eigenvalue weighted by Crippen LogP contribution is 2.36. The number of thioether (sulfide) groups is 1. The van der Waals surface area contributed by atoms with Crippen LogP contribution in [0.2, 0.25) is 0 Å². The van der Waals surface area contributed by atoms with E-state index in [2.05, 4.69) is 21.2 Å². The minimum Gasteiger partial charge on any atom is -0.484 e. The van der Waals surface area contributed by atoms with Crippen LogP contribution in [0, 0.1) is 13.8 Å². The molecule has 4 rings (SSSR count). The second-order valence-electron chi connectivity index (χ2n) is 7.73. The van der Waals surface area contributed by atoms with Gasteiger partial charge in [0.2, 0.25) is 0 Å². The monoisotopic (exact) mass is 552 g/mol. The average Bonchev–Trinajstić information content (AvgIpc) is 3.08. The molecule has 34 heavy (non-hydrogen) atoms. The fraction of sp³-hybridized carbons (Fsp3) is 0.115. The molecule has 1 fully saturated rings. The molecule has 2 amide bonds. The maximum atomic E-state index is 13.0. The summed E-state index contributed by atoms with van der Waals surface area (Å²) in [6.07, 6.45) is 1.78. The number of rotatable bonds is 6. The maximum Gasteiger partial charge on any atom is 0.270 e. The Morgan fingerprint density at radius 3 is 2.68 bits per heavy atom. The topological polar surface area (TPSA) is 58.6 Å². The molecule has 1 N–H and O–H groups in total. The summed E-state index contributed by atoms with van der Waals surface area (Å²) in [6, 6.07) is 20.5. The van der Waals surface area contributed by atoms with Crippen molar-refractivity contribution in [2.24, 2.45) is 0 Å². The molecular weight excluding hydrogens is 532 g/mol. The molecule has 1 aliphatic heterocycles. The van der Waals surface area contributed by atoms with E-state index in [-0.39, 0.29) is 18.4 Å². The van der Waals surface area contributed by atoms with Crippen LogP contribution in [0.4, 0.5) is 11.4 Å². The zero-order valence-electron chi connectivity index (χ0n) is 18.5. The van der Waals surface area contributed by atoms with E-state index in [1.807, 2.05) is 68.4 Å². The quantitative estimate of drug-likeness (QED) is 0.280. The first kappa shape index (κ1) is 24.2. The van der Waals surface area contributed by atoms with E-state index in [1.165, 1.54) is 11.8 Å². The molecule has 1 heterocycles. The Kier molecular flexibility index (Phi) is 7.50. The average molecular weight is 554 g/mol. The summed E-state index contributed by atoms with van der Waals surface area (Å²) in [5.41, 5.74) is 4.33. The minimum atomic E-state index is -0.258.